The number of ether oxygens (including phenoxy) is 4. The predicted octanol–water partition coefficient (Wildman–Crippen LogP) is -5.92. The molecule has 0 bridgehead atoms. The van der Waals surface area contributed by atoms with E-state index < -0.39 is 135 Å². The van der Waals surface area contributed by atoms with Gasteiger partial charge in [-0.25, -0.2) is 33.1 Å². The maximum atomic E-state index is 13.6. The van der Waals surface area contributed by atoms with E-state index in [9.17, 15) is 62.7 Å². The summed E-state index contributed by atoms with van der Waals surface area (Å²) in [5.41, 5.74) is 15.7. The third kappa shape index (κ3) is 11.0. The van der Waals surface area contributed by atoms with Crippen molar-refractivity contribution in [3.8, 4) is 0 Å². The summed E-state index contributed by atoms with van der Waals surface area (Å²) in [7, 11) is -20.8. The molecule has 9 rings (SSSR count). The number of nitrogens with one attached hydrogen (secondary N) is 2. The number of phosphoric ester groups is 3. The van der Waals surface area contributed by atoms with Gasteiger partial charge in [0, 0.05) is 20.1 Å². The molecule has 11 N–H and O–H groups in total. The van der Waals surface area contributed by atoms with Crippen molar-refractivity contribution < 1.29 is 103 Å². The lowest BCUT2D eigenvalue weighted by molar-refractivity contribution is -0.707. The number of nitrogen functional groups attached to an aromatic ring is 3. The molecule has 0 radical (unpaired) electrons. The van der Waals surface area contributed by atoms with Crippen molar-refractivity contribution >= 4 is 82.5 Å². The Labute approximate surface area is 422 Å². The van der Waals surface area contributed by atoms with Crippen LogP contribution in [0.4, 0.5) is 17.7 Å². The Morgan fingerprint density at radius 1 is 0.711 bits per heavy atom. The van der Waals surface area contributed by atoms with Crippen LogP contribution >= 0.6 is 31.3 Å². The zero-order valence-corrected chi connectivity index (χ0v) is 42.6. The normalized spacial score (nSPS) is 30.2. The smallest absolute Gasteiger partial charge is 0.311 e. The van der Waals surface area contributed by atoms with Crippen LogP contribution in [0.5, 0.6) is 0 Å². The van der Waals surface area contributed by atoms with Gasteiger partial charge in [0.1, 0.15) is 60.6 Å². The number of aliphatic hydroxyl groups is 3. The first-order valence-corrected chi connectivity index (χ1v) is 27.7. The Balaban J connectivity index is 0.866. The molecule has 8 heterocycles. The van der Waals surface area contributed by atoms with Gasteiger partial charge in [0.25, 0.3) is 48.4 Å². The Kier molecular flexibility index (Phi) is 15.3. The minimum Gasteiger partial charge on any atom is -0.756 e. The van der Waals surface area contributed by atoms with E-state index in [1.807, 2.05) is 0 Å². The number of aryl methyl sites for hydroxylation is 1. The van der Waals surface area contributed by atoms with Crippen LogP contribution in [0.1, 0.15) is 24.9 Å². The second-order valence-corrected chi connectivity index (χ2v) is 23.0. The molecule has 0 amide bonds. The van der Waals surface area contributed by atoms with Gasteiger partial charge < -0.3 is 89.1 Å². The lowest BCUT2D eigenvalue weighted by Crippen LogP contribution is -2.45. The number of hydrogen-bond donors (Lipinski definition) is 8. The van der Waals surface area contributed by atoms with Crippen LogP contribution in [0.3, 0.4) is 0 Å². The molecule has 1 aliphatic carbocycles. The molecule has 42 heteroatoms. The molecule has 3 aliphatic rings. The van der Waals surface area contributed by atoms with E-state index >= 15 is 0 Å². The molecule has 6 aromatic heterocycles. The molecule has 2 saturated heterocycles. The summed E-state index contributed by atoms with van der Waals surface area (Å²) in [5.74, 6) is -1.70. The Hall–Kier alpha value is -5.11. The molecule has 2 aliphatic heterocycles. The summed E-state index contributed by atoms with van der Waals surface area (Å²) < 4.78 is 108. The number of rotatable bonds is 20. The van der Waals surface area contributed by atoms with Gasteiger partial charge in [-0.2, -0.15) is 4.98 Å². The second-order valence-electron chi connectivity index (χ2n) is 17.1. The largest absolute Gasteiger partial charge is 0.756 e. The third-order valence-corrected chi connectivity index (χ3v) is 17.4. The van der Waals surface area contributed by atoms with Crippen LogP contribution in [-0.2, 0) is 71.0 Å². The Bertz CT molecular complexity index is 3490. The number of anilines is 3. The van der Waals surface area contributed by atoms with Crippen molar-refractivity contribution in [1.82, 2.24) is 53.6 Å². The number of H-pyrrole nitrogens is 2. The second kappa shape index (κ2) is 20.9. The van der Waals surface area contributed by atoms with Gasteiger partial charge >= 0.3 is 5.65 Å². The standard InChI is InChI=1S/C34H47N15O23P4/c1-46-11-49(28-18(46)30(54)45-34(37)43-28)13-4-12(22(63-2)19(13)50)5-65-74(57,58)71-76(61,62)72-75(59,60)67-7-15-23(24(64-3)32(69-15)47-9-40-16-25(35)38-8-39-26(16)47)70-73(55,56)66-6-14-20(51)21(52)31(68-14)48-10-41-17-27(48)42-33(36)44-29(17)53/h8-15,19-24,31-32,50-52H,4-7H2,1-3H3,(H11-,35,36,37,38,39,42,43,44,45,53,54,55,56,57,58,59,60,61,62)/p-3. The van der Waals surface area contributed by atoms with Crippen molar-refractivity contribution in [2.45, 2.75) is 73.8 Å². The Morgan fingerprint density at radius 2 is 1.30 bits per heavy atom. The van der Waals surface area contributed by atoms with Gasteiger partial charge in [-0.3, -0.25) is 51.5 Å². The number of aliphatic hydroxyl groups excluding tert-OH is 3. The van der Waals surface area contributed by atoms with Crippen molar-refractivity contribution in [3.63, 3.8) is 0 Å². The van der Waals surface area contributed by atoms with Crippen LogP contribution in [0.25, 0.3) is 33.5 Å². The SMILES string of the molecule is COC1C(COP(=O)([O-])OP(=O)([O-])OP(=O)([O-])OCC2OC(n3cnc4c(N)ncnc43)C(OC)C2OP(=O)([O-])OCC2OC(n3cnc4c(=O)[nH]c(N)nc43)C(O)C2O)CC([n+]2cn(C)c3c(=O)[nH]c(N)nc32)C1O. The van der Waals surface area contributed by atoms with Crippen LogP contribution in [0.2, 0.25) is 0 Å². The summed E-state index contributed by atoms with van der Waals surface area (Å²) in [6.07, 6.45) is -11.9. The summed E-state index contributed by atoms with van der Waals surface area (Å²) in [4.78, 5) is 106. The van der Waals surface area contributed by atoms with E-state index in [1.54, 1.807) is 0 Å². The van der Waals surface area contributed by atoms with Crippen molar-refractivity contribution in [3.05, 3.63) is 46.0 Å². The van der Waals surface area contributed by atoms with E-state index in [4.69, 9.17) is 54.2 Å². The number of hydrogen-bond acceptors (Lipinski definition) is 32. The van der Waals surface area contributed by atoms with E-state index in [2.05, 4.69) is 48.5 Å². The lowest BCUT2D eigenvalue weighted by atomic mass is 10.1. The zero-order chi connectivity index (χ0) is 55.0. The molecule has 16 atom stereocenters. The maximum absolute atomic E-state index is 13.6. The van der Waals surface area contributed by atoms with Crippen molar-refractivity contribution in [2.24, 2.45) is 13.0 Å². The predicted molar refractivity (Wildman–Crippen MR) is 238 cm³/mol. The molecule has 0 aromatic carbocycles. The minimum absolute atomic E-state index is 0.0207. The molecule has 3 fully saturated rings. The number of aromatic amines is 2. The van der Waals surface area contributed by atoms with Crippen molar-refractivity contribution in [1.29, 1.82) is 0 Å². The van der Waals surface area contributed by atoms with E-state index in [0.29, 0.717) is 0 Å². The van der Waals surface area contributed by atoms with Crippen LogP contribution < -0.4 is 52.5 Å². The number of fused-ring (bicyclic) bond motifs is 3. The first-order valence-electron chi connectivity index (χ1n) is 21.8. The van der Waals surface area contributed by atoms with Crippen molar-refractivity contribution in [2.75, 3.05) is 51.2 Å². The molecular weight excluding hydrogens is 1110 g/mol. The molecule has 16 unspecified atom stereocenters. The van der Waals surface area contributed by atoms with E-state index in [1.165, 1.54) is 29.6 Å². The lowest BCUT2D eigenvalue weighted by Gasteiger charge is -2.35. The number of nitrogens with zero attached hydrogens (tertiary/aromatic N) is 10. The van der Waals surface area contributed by atoms with Crippen LogP contribution in [0, 0.1) is 5.92 Å². The first-order chi connectivity index (χ1) is 35.7. The maximum Gasteiger partial charge on any atom is 0.311 e. The van der Waals surface area contributed by atoms with Crippen LogP contribution in [0.15, 0.2) is 34.9 Å². The summed E-state index contributed by atoms with van der Waals surface area (Å²) in [5, 5.41) is 32.9. The fourth-order valence-corrected chi connectivity index (χ4v) is 13.5. The van der Waals surface area contributed by atoms with Gasteiger partial charge in [0.2, 0.25) is 11.5 Å². The number of methoxy groups -OCH3 is 2. The molecule has 38 nitrogen and oxygen atoms in total. The highest BCUT2D eigenvalue weighted by molar-refractivity contribution is 7.65. The Morgan fingerprint density at radius 3 is 1.99 bits per heavy atom. The fraction of sp³-hybridized carbons (Fsp3) is 0.559. The van der Waals surface area contributed by atoms with E-state index in [-0.39, 0.29) is 57.6 Å². The highest BCUT2D eigenvalue weighted by Crippen LogP contribution is 2.63. The zero-order valence-electron chi connectivity index (χ0n) is 39.1. The number of phosphoric acid groups is 4. The summed E-state index contributed by atoms with van der Waals surface area (Å²) in [6, 6.07) is -0.932. The average molecular weight is 1150 g/mol. The fourth-order valence-electron chi connectivity index (χ4n) is 9.10. The monoisotopic (exact) mass is 1150 g/mol. The number of nitrogens with two attached hydrogens (primary N) is 3. The molecule has 0 spiro atoms. The van der Waals surface area contributed by atoms with E-state index in [0.717, 1.165) is 35.2 Å². The molecule has 416 valence electrons. The molecule has 6 aromatic rings. The first kappa shape index (κ1) is 55.6. The molecule has 76 heavy (non-hydrogen) atoms. The highest BCUT2D eigenvalue weighted by Gasteiger charge is 2.51. The molecule has 1 saturated carbocycles. The van der Waals surface area contributed by atoms with Gasteiger partial charge in [0.05, 0.1) is 45.6 Å². The number of imidazole rings is 3. The van der Waals surface area contributed by atoms with Gasteiger partial charge in [-0.15, -0.1) is 0 Å². The van der Waals surface area contributed by atoms with Gasteiger partial charge in [0.15, 0.2) is 41.4 Å². The van der Waals surface area contributed by atoms with Gasteiger partial charge in [-0.1, -0.05) is 4.98 Å². The third-order valence-electron chi connectivity index (χ3n) is 12.3. The summed E-state index contributed by atoms with van der Waals surface area (Å²) in [6.45, 7) is -3.33. The topological polar surface area (TPSA) is 553 Å². The highest BCUT2D eigenvalue weighted by atomic mass is 31.3. The summed E-state index contributed by atoms with van der Waals surface area (Å²) >= 11 is 0. The van der Waals surface area contributed by atoms with Gasteiger partial charge in [-0.05, 0) is 6.42 Å². The quantitative estimate of drug-likeness (QED) is 0.0261. The minimum atomic E-state index is -6.52. The average Bonchev–Trinajstić information content (AvgIpc) is 4.18. The van der Waals surface area contributed by atoms with Crippen LogP contribution in [-0.4, -0.2) is 152 Å². The molecular formula is C34H44N15O23P4-3. The number of aromatic nitrogens is 12.